The standard InChI is InChI=1S/C29H36N4O6/c1-5-33-7-6-12-11-32(4)23-14-8-13-9-15-20(27(37)21(29(30)39)28(38)24(15)31(2)3)26(36)18(13)25(35)19(14)17(34)10-16(23)22(12)33/h10,12-13,15,20,22,24,34-35,38H,5-9,11H2,1-4H3,(H2,30,39)/t12?,13-,15+,20-,22?,24-/m1/s1. The Balaban J connectivity index is 1.51. The lowest BCUT2D eigenvalue weighted by molar-refractivity contribution is -0.136. The third kappa shape index (κ3) is 3.43. The highest BCUT2D eigenvalue weighted by Crippen LogP contribution is 2.55. The number of hydrogen-bond donors (Lipinski definition) is 4. The van der Waals surface area contributed by atoms with Gasteiger partial charge in [0, 0.05) is 30.9 Å². The number of fused-ring (bicyclic) bond motifs is 7. The van der Waals surface area contributed by atoms with Crippen LogP contribution in [0.15, 0.2) is 23.0 Å². The molecule has 0 spiro atoms. The number of aromatic hydroxyl groups is 1. The topological polar surface area (TPSA) is 148 Å². The molecule has 1 saturated heterocycles. The van der Waals surface area contributed by atoms with E-state index in [-0.39, 0.29) is 28.7 Å². The molecule has 208 valence electrons. The number of phenols is 1. The number of nitrogens with two attached hydrogens (primary N) is 1. The van der Waals surface area contributed by atoms with Crippen LogP contribution in [0.3, 0.4) is 0 Å². The Hall–Kier alpha value is -3.37. The zero-order valence-electron chi connectivity index (χ0n) is 22.8. The van der Waals surface area contributed by atoms with Crippen LogP contribution in [-0.2, 0) is 20.8 Å². The summed E-state index contributed by atoms with van der Waals surface area (Å²) in [7, 11) is 5.48. The summed E-state index contributed by atoms with van der Waals surface area (Å²) in [6.07, 6.45) is 1.84. The molecule has 3 aliphatic carbocycles. The van der Waals surface area contributed by atoms with Crippen molar-refractivity contribution < 1.29 is 29.7 Å². The summed E-state index contributed by atoms with van der Waals surface area (Å²) in [5.41, 5.74) is 8.11. The number of carbonyl (C=O) groups excluding carboxylic acids is 3. The van der Waals surface area contributed by atoms with Crippen molar-refractivity contribution in [1.82, 2.24) is 9.80 Å². The van der Waals surface area contributed by atoms with Gasteiger partial charge < -0.3 is 26.0 Å². The quantitative estimate of drug-likeness (QED) is 0.335. The predicted molar refractivity (Wildman–Crippen MR) is 144 cm³/mol. The number of Topliss-reactive ketones (excluding diaryl/α,β-unsaturated/α-hetero) is 2. The van der Waals surface area contributed by atoms with E-state index < -0.39 is 52.6 Å². The minimum atomic E-state index is -1.24. The van der Waals surface area contributed by atoms with E-state index in [1.54, 1.807) is 25.1 Å². The molecule has 39 heavy (non-hydrogen) atoms. The normalized spacial score (nSPS) is 32.2. The van der Waals surface area contributed by atoms with E-state index in [2.05, 4.69) is 16.7 Å². The minimum absolute atomic E-state index is 0.0735. The number of allylic oxidation sites excluding steroid dienone is 1. The number of aliphatic hydroxyl groups excluding tert-OH is 2. The van der Waals surface area contributed by atoms with E-state index in [1.165, 1.54) is 0 Å². The summed E-state index contributed by atoms with van der Waals surface area (Å²) in [6.45, 7) is 4.91. The van der Waals surface area contributed by atoms with Crippen LogP contribution in [0.2, 0.25) is 0 Å². The smallest absolute Gasteiger partial charge is 0.255 e. The number of anilines is 1. The Bertz CT molecular complexity index is 1380. The number of hydrogen-bond acceptors (Lipinski definition) is 9. The number of carbonyl (C=O) groups is 3. The fraction of sp³-hybridized carbons (Fsp3) is 0.552. The van der Waals surface area contributed by atoms with E-state index in [4.69, 9.17) is 5.73 Å². The van der Waals surface area contributed by atoms with E-state index in [1.807, 2.05) is 7.05 Å². The van der Waals surface area contributed by atoms with Gasteiger partial charge in [0.25, 0.3) is 5.91 Å². The lowest BCUT2D eigenvalue weighted by Gasteiger charge is -2.47. The van der Waals surface area contributed by atoms with Crippen molar-refractivity contribution in [3.63, 3.8) is 0 Å². The number of ketones is 2. The van der Waals surface area contributed by atoms with Crippen molar-refractivity contribution in [2.24, 2.45) is 29.4 Å². The van der Waals surface area contributed by atoms with Gasteiger partial charge in [-0.25, -0.2) is 0 Å². The molecule has 2 unspecified atom stereocenters. The second kappa shape index (κ2) is 8.82. The largest absolute Gasteiger partial charge is 0.510 e. The van der Waals surface area contributed by atoms with Gasteiger partial charge in [-0.2, -0.15) is 0 Å². The molecule has 5 aliphatic rings. The molecule has 2 aliphatic heterocycles. The number of likely N-dealkylation sites (N-methyl/N-ethyl adjacent to an activating group) is 1. The second-order valence-electron chi connectivity index (χ2n) is 12.0. The fourth-order valence-electron chi connectivity index (χ4n) is 8.39. The van der Waals surface area contributed by atoms with Gasteiger partial charge in [-0.05, 0) is 81.4 Å². The number of amides is 1. The molecule has 1 aromatic carbocycles. The highest BCUT2D eigenvalue weighted by Gasteiger charge is 2.56. The molecule has 2 heterocycles. The molecule has 1 aromatic rings. The van der Waals surface area contributed by atoms with Crippen molar-refractivity contribution in [1.29, 1.82) is 0 Å². The maximum atomic E-state index is 14.0. The summed E-state index contributed by atoms with van der Waals surface area (Å²) < 4.78 is 0. The zero-order chi connectivity index (χ0) is 28.1. The first-order valence-electron chi connectivity index (χ1n) is 13.7. The van der Waals surface area contributed by atoms with Gasteiger partial charge in [0.15, 0.2) is 11.6 Å². The summed E-state index contributed by atoms with van der Waals surface area (Å²) >= 11 is 0. The third-order valence-electron chi connectivity index (χ3n) is 9.81. The first kappa shape index (κ1) is 25.9. The van der Waals surface area contributed by atoms with E-state index in [0.29, 0.717) is 18.8 Å². The molecule has 6 atom stereocenters. The van der Waals surface area contributed by atoms with E-state index in [0.717, 1.165) is 42.9 Å². The maximum absolute atomic E-state index is 14.0. The Labute approximate surface area is 227 Å². The van der Waals surface area contributed by atoms with Gasteiger partial charge in [0.05, 0.1) is 17.5 Å². The molecule has 5 N–H and O–H groups in total. The van der Waals surface area contributed by atoms with Crippen LogP contribution in [0.4, 0.5) is 5.69 Å². The second-order valence-corrected chi connectivity index (χ2v) is 12.0. The highest BCUT2D eigenvalue weighted by atomic mass is 16.3. The van der Waals surface area contributed by atoms with Crippen molar-refractivity contribution in [2.75, 3.05) is 45.7 Å². The van der Waals surface area contributed by atoms with Crippen LogP contribution in [0, 0.1) is 23.7 Å². The van der Waals surface area contributed by atoms with Crippen LogP contribution < -0.4 is 10.6 Å². The number of primary amides is 1. The lowest BCUT2D eigenvalue weighted by atomic mass is 9.59. The van der Waals surface area contributed by atoms with Crippen LogP contribution in [0.5, 0.6) is 5.75 Å². The van der Waals surface area contributed by atoms with Crippen LogP contribution in [0.1, 0.15) is 42.5 Å². The van der Waals surface area contributed by atoms with Gasteiger partial charge in [0.2, 0.25) is 0 Å². The number of aliphatic hydroxyl groups is 2. The molecular weight excluding hydrogens is 500 g/mol. The summed E-state index contributed by atoms with van der Waals surface area (Å²) in [5, 5.41) is 33.7. The van der Waals surface area contributed by atoms with Crippen molar-refractivity contribution in [3.05, 3.63) is 39.7 Å². The van der Waals surface area contributed by atoms with Gasteiger partial charge in [-0.3, -0.25) is 24.2 Å². The van der Waals surface area contributed by atoms with E-state index >= 15 is 0 Å². The maximum Gasteiger partial charge on any atom is 0.255 e. The summed E-state index contributed by atoms with van der Waals surface area (Å²) in [5.74, 6) is -5.03. The average Bonchev–Trinajstić information content (AvgIpc) is 3.25. The number of likely N-dealkylation sites (tertiary alicyclic amines) is 1. The van der Waals surface area contributed by atoms with Gasteiger partial charge in [0.1, 0.15) is 22.8 Å². The number of nitrogens with zero attached hydrogens (tertiary/aromatic N) is 3. The zero-order valence-corrected chi connectivity index (χ0v) is 22.8. The lowest BCUT2D eigenvalue weighted by Crippen LogP contribution is -2.55. The summed E-state index contributed by atoms with van der Waals surface area (Å²) in [6, 6.07) is 1.18. The predicted octanol–water partition coefficient (Wildman–Crippen LogP) is 1.68. The Morgan fingerprint density at radius 2 is 1.90 bits per heavy atom. The first-order valence-corrected chi connectivity index (χ1v) is 13.7. The Morgan fingerprint density at radius 1 is 1.18 bits per heavy atom. The van der Waals surface area contributed by atoms with Crippen molar-refractivity contribution >= 4 is 28.9 Å². The Morgan fingerprint density at radius 3 is 2.54 bits per heavy atom. The number of rotatable bonds is 3. The van der Waals surface area contributed by atoms with Gasteiger partial charge in [-0.15, -0.1) is 0 Å². The molecule has 6 rings (SSSR count). The SMILES string of the molecule is CCN1CCC2CN(C)c3c(cc(O)c4c3C[C@@H]3C[C@H]5[C@@H](C(=O)C(C(N)=O)=C(O)[C@@H]5N(C)C)C(=O)C3=C4O)C21. The average molecular weight is 537 g/mol. The molecule has 0 aromatic heterocycles. The van der Waals surface area contributed by atoms with Crippen LogP contribution >= 0.6 is 0 Å². The number of benzene rings is 1. The van der Waals surface area contributed by atoms with Gasteiger partial charge >= 0.3 is 0 Å². The van der Waals surface area contributed by atoms with Crippen molar-refractivity contribution in [3.8, 4) is 5.75 Å². The van der Waals surface area contributed by atoms with Crippen molar-refractivity contribution in [2.45, 2.75) is 38.3 Å². The monoisotopic (exact) mass is 536 g/mol. The highest BCUT2D eigenvalue weighted by molar-refractivity contribution is 6.28. The van der Waals surface area contributed by atoms with E-state index in [9.17, 15) is 29.7 Å². The fourth-order valence-corrected chi connectivity index (χ4v) is 8.39. The molecule has 0 radical (unpaired) electrons. The molecule has 2 fully saturated rings. The molecule has 1 saturated carbocycles. The van der Waals surface area contributed by atoms with Gasteiger partial charge in [-0.1, -0.05) is 6.92 Å². The third-order valence-corrected chi connectivity index (χ3v) is 9.81. The number of phenolic OH excluding ortho intramolecular Hbond substituents is 1. The first-order chi connectivity index (χ1) is 18.5. The van der Waals surface area contributed by atoms with Crippen LogP contribution in [-0.4, -0.2) is 89.4 Å². The Kier molecular flexibility index (Phi) is 5.86. The molecule has 1 amide bonds. The minimum Gasteiger partial charge on any atom is -0.510 e. The molecule has 10 nitrogen and oxygen atoms in total. The summed E-state index contributed by atoms with van der Waals surface area (Å²) in [4.78, 5) is 45.8. The molecule has 10 heteroatoms. The molecule has 0 bridgehead atoms. The molecular formula is C29H36N4O6. The van der Waals surface area contributed by atoms with Crippen LogP contribution in [0.25, 0.3) is 5.76 Å².